The van der Waals surface area contributed by atoms with Crippen LogP contribution in [-0.4, -0.2) is 20.9 Å². The van der Waals surface area contributed by atoms with E-state index in [0.29, 0.717) is 23.2 Å². The summed E-state index contributed by atoms with van der Waals surface area (Å²) in [4.78, 5) is 22.7. The quantitative estimate of drug-likeness (QED) is 0.752. The summed E-state index contributed by atoms with van der Waals surface area (Å²) in [5, 5.41) is 10.9. The first kappa shape index (κ1) is 18.7. The van der Waals surface area contributed by atoms with Crippen LogP contribution in [0.4, 0.5) is 0 Å². The van der Waals surface area contributed by atoms with Crippen LogP contribution >= 0.6 is 0 Å². The molecule has 0 aliphatic heterocycles. The highest BCUT2D eigenvalue weighted by Crippen LogP contribution is 2.62. The van der Waals surface area contributed by atoms with Gasteiger partial charge in [0.25, 0.3) is 0 Å². The molecule has 0 amide bonds. The van der Waals surface area contributed by atoms with Crippen LogP contribution in [0.25, 0.3) is 0 Å². The molecule has 4 heteroatoms. The van der Waals surface area contributed by atoms with E-state index in [4.69, 9.17) is 9.97 Å². The predicted octanol–water partition coefficient (Wildman–Crippen LogP) is 4.76. The number of aliphatic hydroxyl groups excluding tert-OH is 1. The molecule has 4 bridgehead atoms. The molecule has 0 aromatic carbocycles. The third-order valence-electron chi connectivity index (χ3n) is 9.36. The van der Waals surface area contributed by atoms with Crippen LogP contribution in [0.15, 0.2) is 24.3 Å². The van der Waals surface area contributed by atoms with Crippen molar-refractivity contribution in [3.8, 4) is 0 Å². The second-order valence-corrected chi connectivity index (χ2v) is 11.3. The van der Waals surface area contributed by atoms with Gasteiger partial charge in [-0.15, -0.1) is 0 Å². The Kier molecular flexibility index (Phi) is 3.60. The van der Waals surface area contributed by atoms with E-state index in [9.17, 15) is 9.90 Å². The van der Waals surface area contributed by atoms with Gasteiger partial charge in [0.15, 0.2) is 6.10 Å². The van der Waals surface area contributed by atoms with Crippen molar-refractivity contribution in [2.24, 2.45) is 22.7 Å². The number of nitrogens with zero attached hydrogens (tertiary/aromatic N) is 2. The fourth-order valence-corrected chi connectivity index (χ4v) is 6.72. The van der Waals surface area contributed by atoms with Crippen molar-refractivity contribution in [3.63, 3.8) is 0 Å². The van der Waals surface area contributed by atoms with Crippen molar-refractivity contribution in [1.82, 2.24) is 9.97 Å². The molecule has 0 spiro atoms. The summed E-state index contributed by atoms with van der Waals surface area (Å²) in [5.41, 5.74) is 6.07. The van der Waals surface area contributed by atoms with Gasteiger partial charge in [0.2, 0.25) is 5.78 Å². The normalized spacial score (nSPS) is 32.2. The molecule has 156 valence electrons. The highest BCUT2D eigenvalue weighted by Gasteiger charge is 2.54. The van der Waals surface area contributed by atoms with Gasteiger partial charge in [-0.2, -0.15) is 0 Å². The molecule has 30 heavy (non-hydrogen) atoms. The van der Waals surface area contributed by atoms with Crippen molar-refractivity contribution in [3.05, 3.63) is 58.2 Å². The molecule has 5 atom stereocenters. The second kappa shape index (κ2) is 5.79. The third kappa shape index (κ3) is 2.29. The van der Waals surface area contributed by atoms with E-state index in [0.717, 1.165) is 42.5 Å². The van der Waals surface area contributed by atoms with Gasteiger partial charge in [0.1, 0.15) is 5.69 Å². The molecule has 2 saturated carbocycles. The van der Waals surface area contributed by atoms with Gasteiger partial charge in [0, 0.05) is 23.2 Å². The Morgan fingerprint density at radius 1 is 0.900 bits per heavy atom. The lowest BCUT2D eigenvalue weighted by atomic mass is 9.48. The highest BCUT2D eigenvalue weighted by atomic mass is 16.3. The average Bonchev–Trinajstić information content (AvgIpc) is 2.75. The summed E-state index contributed by atoms with van der Waals surface area (Å²) in [6.45, 7) is 9.25. The number of carbonyl (C=O) groups is 1. The van der Waals surface area contributed by atoms with Crippen LogP contribution in [-0.2, 0) is 12.8 Å². The van der Waals surface area contributed by atoms with E-state index in [1.165, 1.54) is 17.5 Å². The maximum absolute atomic E-state index is 13.1. The molecule has 2 fully saturated rings. The Balaban J connectivity index is 1.30. The second-order valence-electron chi connectivity index (χ2n) is 11.3. The summed E-state index contributed by atoms with van der Waals surface area (Å²) in [7, 11) is 0. The van der Waals surface area contributed by atoms with Gasteiger partial charge in [-0.05, 0) is 71.6 Å². The van der Waals surface area contributed by atoms with E-state index in [2.05, 4.69) is 33.8 Å². The lowest BCUT2D eigenvalue weighted by Gasteiger charge is -2.56. The first-order chi connectivity index (χ1) is 14.2. The Labute approximate surface area is 178 Å². The molecule has 4 nitrogen and oxygen atoms in total. The molecule has 6 aliphatic carbocycles. The molecule has 2 aromatic heterocycles. The number of rotatable bonds is 3. The molecular formula is C26H30N2O2. The summed E-state index contributed by atoms with van der Waals surface area (Å²) in [5.74, 6) is 1.96. The molecular weight excluding hydrogens is 372 g/mol. The summed E-state index contributed by atoms with van der Waals surface area (Å²) in [6, 6.07) is 7.74. The number of hydrogen-bond acceptors (Lipinski definition) is 4. The number of hydrogen-bond donors (Lipinski definition) is 1. The number of aliphatic hydroxyl groups is 1. The first-order valence-corrected chi connectivity index (χ1v) is 11.4. The van der Waals surface area contributed by atoms with Crippen molar-refractivity contribution in [1.29, 1.82) is 0 Å². The van der Waals surface area contributed by atoms with Crippen LogP contribution in [0, 0.1) is 22.7 Å². The zero-order chi connectivity index (χ0) is 21.0. The Hall–Kier alpha value is -2.07. The van der Waals surface area contributed by atoms with Gasteiger partial charge in [-0.3, -0.25) is 9.78 Å². The lowest BCUT2D eigenvalue weighted by Crippen LogP contribution is -2.48. The molecule has 8 rings (SSSR count). The summed E-state index contributed by atoms with van der Waals surface area (Å²) >= 11 is 0. The minimum Gasteiger partial charge on any atom is -0.378 e. The number of Topliss-reactive ketones (excluding diaryl/α,β-unsaturated/α-hetero) is 1. The molecule has 1 unspecified atom stereocenters. The van der Waals surface area contributed by atoms with Crippen LogP contribution in [0.2, 0.25) is 0 Å². The van der Waals surface area contributed by atoms with Gasteiger partial charge in [0.05, 0.1) is 5.69 Å². The van der Waals surface area contributed by atoms with Gasteiger partial charge >= 0.3 is 0 Å². The zero-order valence-corrected chi connectivity index (χ0v) is 18.3. The number of pyridine rings is 2. The van der Waals surface area contributed by atoms with Crippen LogP contribution in [0.3, 0.4) is 0 Å². The van der Waals surface area contributed by atoms with Gasteiger partial charge in [-0.25, -0.2) is 4.98 Å². The first-order valence-electron chi connectivity index (χ1n) is 11.4. The summed E-state index contributed by atoms with van der Waals surface area (Å²) in [6.07, 6.45) is 3.18. The van der Waals surface area contributed by atoms with Crippen molar-refractivity contribution < 1.29 is 9.90 Å². The maximum Gasteiger partial charge on any atom is 0.215 e. The van der Waals surface area contributed by atoms with Crippen LogP contribution in [0.1, 0.15) is 97.2 Å². The smallest absolute Gasteiger partial charge is 0.215 e. The van der Waals surface area contributed by atoms with E-state index in [1.54, 1.807) is 6.07 Å². The standard InChI is InChI=1S/C26H30N2O2/c1-25(2)15-9-13-5-7-19(27-21(13)17(25)11-15)23(29)24(30)20-8-6-14-10-16-12-18(22(14)28-20)26(16,3)4/h5-8,15-18,23,29H,9-12H2,1-4H3/t15-,16-,17-,18-,23?/m1/s1. The van der Waals surface area contributed by atoms with Crippen LogP contribution < -0.4 is 0 Å². The minimum absolute atomic E-state index is 0.258. The Bertz CT molecular complexity index is 1090. The predicted molar refractivity (Wildman–Crippen MR) is 114 cm³/mol. The lowest BCUT2D eigenvalue weighted by molar-refractivity contribution is 0.0148. The highest BCUT2D eigenvalue weighted by molar-refractivity contribution is 5.98. The van der Waals surface area contributed by atoms with Gasteiger partial charge in [-0.1, -0.05) is 39.8 Å². The monoisotopic (exact) mass is 402 g/mol. The van der Waals surface area contributed by atoms with Crippen molar-refractivity contribution >= 4 is 5.78 Å². The molecule has 1 N–H and O–H groups in total. The number of aromatic nitrogens is 2. The molecule has 2 heterocycles. The number of carbonyl (C=O) groups excluding carboxylic acids is 1. The topological polar surface area (TPSA) is 63.1 Å². The summed E-state index contributed by atoms with van der Waals surface area (Å²) < 4.78 is 0. The van der Waals surface area contributed by atoms with Crippen molar-refractivity contribution in [2.45, 2.75) is 71.3 Å². The minimum atomic E-state index is -1.26. The molecule has 6 aliphatic rings. The fraction of sp³-hybridized carbons (Fsp3) is 0.577. The van der Waals surface area contributed by atoms with Crippen LogP contribution in [0.5, 0.6) is 0 Å². The number of ketones is 1. The Morgan fingerprint density at radius 2 is 1.43 bits per heavy atom. The average molecular weight is 403 g/mol. The van der Waals surface area contributed by atoms with Gasteiger partial charge < -0.3 is 5.11 Å². The van der Waals surface area contributed by atoms with E-state index >= 15 is 0 Å². The SMILES string of the molecule is CC1(C)[C@@H]2Cc3ccc(C(=O)C(O)c4ccc5c(n4)[C@H]4C[C@@H](C5)C4(C)C)nc3[C@H]1C2. The molecule has 0 saturated heterocycles. The maximum atomic E-state index is 13.1. The van der Waals surface area contributed by atoms with Crippen molar-refractivity contribution in [2.75, 3.05) is 0 Å². The van der Waals surface area contributed by atoms with E-state index in [-0.39, 0.29) is 16.6 Å². The fourth-order valence-electron chi connectivity index (χ4n) is 6.72. The zero-order valence-electron chi connectivity index (χ0n) is 18.3. The Morgan fingerprint density at radius 3 is 2.00 bits per heavy atom. The third-order valence-corrected chi connectivity index (χ3v) is 9.36. The van der Waals surface area contributed by atoms with E-state index < -0.39 is 6.10 Å². The molecule has 0 radical (unpaired) electrons. The van der Waals surface area contributed by atoms with E-state index in [1.807, 2.05) is 12.1 Å². The largest absolute Gasteiger partial charge is 0.378 e. The molecule has 2 aromatic rings.